The summed E-state index contributed by atoms with van der Waals surface area (Å²) >= 11 is 0. The van der Waals surface area contributed by atoms with Crippen LogP contribution < -0.4 is 5.32 Å². The number of rotatable bonds is 5. The lowest BCUT2D eigenvalue weighted by molar-refractivity contribution is -0.116. The van der Waals surface area contributed by atoms with Crippen LogP contribution in [0.1, 0.15) is 12.0 Å². The molecule has 2 N–H and O–H groups in total. The third kappa shape index (κ3) is 3.72. The Kier molecular flexibility index (Phi) is 4.66. The lowest BCUT2D eigenvalue weighted by Gasteiger charge is -2.07. The first-order valence-electron chi connectivity index (χ1n) is 8.76. The topological polar surface area (TPSA) is 57.8 Å². The lowest BCUT2D eigenvalue weighted by Crippen LogP contribution is -2.12. The highest BCUT2D eigenvalue weighted by atomic mass is 19.1. The number of hydrogen-bond acceptors (Lipinski definition) is 2. The molecule has 4 aromatic rings. The summed E-state index contributed by atoms with van der Waals surface area (Å²) in [5.41, 5.74) is 4.40. The van der Waals surface area contributed by atoms with E-state index in [1.165, 1.54) is 12.1 Å². The van der Waals surface area contributed by atoms with Gasteiger partial charge >= 0.3 is 0 Å². The third-order valence-corrected chi connectivity index (χ3v) is 4.48. The molecule has 0 spiro atoms. The first kappa shape index (κ1) is 17.0. The van der Waals surface area contributed by atoms with Crippen LogP contribution in [-0.2, 0) is 11.2 Å². The fourth-order valence-electron chi connectivity index (χ4n) is 3.23. The summed E-state index contributed by atoms with van der Waals surface area (Å²) in [5, 5.41) is 3.65. The average molecular weight is 359 g/mol. The predicted molar refractivity (Wildman–Crippen MR) is 105 cm³/mol. The fourth-order valence-corrected chi connectivity index (χ4v) is 3.23. The number of aryl methyl sites for hydroxylation is 1. The maximum Gasteiger partial charge on any atom is 0.224 e. The number of pyridine rings is 1. The van der Waals surface area contributed by atoms with Gasteiger partial charge in [0, 0.05) is 29.2 Å². The second kappa shape index (κ2) is 7.41. The van der Waals surface area contributed by atoms with Crippen LogP contribution in [-0.4, -0.2) is 15.9 Å². The van der Waals surface area contributed by atoms with Gasteiger partial charge in [0.15, 0.2) is 0 Å². The highest BCUT2D eigenvalue weighted by molar-refractivity contribution is 5.93. The summed E-state index contributed by atoms with van der Waals surface area (Å²) in [4.78, 5) is 19.7. The summed E-state index contributed by atoms with van der Waals surface area (Å²) in [6.45, 7) is 0. The number of hydrogen-bond donors (Lipinski definition) is 2. The van der Waals surface area contributed by atoms with E-state index in [0.29, 0.717) is 12.1 Å². The number of aromatic amines is 1. The van der Waals surface area contributed by atoms with Crippen LogP contribution in [0.5, 0.6) is 0 Å². The molecule has 2 aromatic carbocycles. The first-order valence-corrected chi connectivity index (χ1v) is 8.76. The normalized spacial score (nSPS) is 10.9. The van der Waals surface area contributed by atoms with Gasteiger partial charge in [0.1, 0.15) is 5.82 Å². The van der Waals surface area contributed by atoms with Gasteiger partial charge in [0.05, 0.1) is 11.9 Å². The number of carbonyl (C=O) groups excluding carboxylic acids is 1. The van der Waals surface area contributed by atoms with E-state index in [0.717, 1.165) is 27.7 Å². The minimum Gasteiger partial charge on any atom is -0.354 e. The van der Waals surface area contributed by atoms with Crippen LogP contribution >= 0.6 is 0 Å². The molecule has 2 heterocycles. The van der Waals surface area contributed by atoms with Crippen molar-refractivity contribution in [3.63, 3.8) is 0 Å². The zero-order valence-electron chi connectivity index (χ0n) is 14.6. The van der Waals surface area contributed by atoms with Crippen LogP contribution in [0.15, 0.2) is 73.1 Å². The van der Waals surface area contributed by atoms with Crippen molar-refractivity contribution >= 4 is 22.5 Å². The summed E-state index contributed by atoms with van der Waals surface area (Å²) < 4.78 is 13.8. The van der Waals surface area contributed by atoms with E-state index in [2.05, 4.69) is 15.3 Å². The lowest BCUT2D eigenvalue weighted by atomic mass is 10.0. The number of H-pyrrole nitrogens is 1. The highest BCUT2D eigenvalue weighted by Crippen LogP contribution is 2.31. The predicted octanol–water partition coefficient (Wildman–Crippen LogP) is 4.94. The number of nitrogens with one attached hydrogen (secondary N) is 2. The Bertz CT molecular complexity index is 1070. The number of fused-ring (bicyclic) bond motifs is 1. The summed E-state index contributed by atoms with van der Waals surface area (Å²) in [6, 6.07) is 18.1. The number of carbonyl (C=O) groups is 1. The Morgan fingerprint density at radius 1 is 1.07 bits per heavy atom. The van der Waals surface area contributed by atoms with Crippen molar-refractivity contribution in [1.29, 1.82) is 0 Å². The molecule has 0 unspecified atom stereocenters. The van der Waals surface area contributed by atoms with Gasteiger partial charge in [-0.25, -0.2) is 4.39 Å². The van der Waals surface area contributed by atoms with E-state index in [4.69, 9.17) is 0 Å². The van der Waals surface area contributed by atoms with Crippen LogP contribution in [0.3, 0.4) is 0 Å². The molecule has 0 saturated carbocycles. The van der Waals surface area contributed by atoms with Gasteiger partial charge in [-0.3, -0.25) is 9.78 Å². The van der Waals surface area contributed by atoms with E-state index in [1.807, 2.05) is 30.3 Å². The molecule has 0 bridgehead atoms. The van der Waals surface area contributed by atoms with Crippen LogP contribution in [0.4, 0.5) is 10.1 Å². The first-order chi connectivity index (χ1) is 13.2. The van der Waals surface area contributed by atoms with Crippen molar-refractivity contribution in [3.05, 3.63) is 84.4 Å². The van der Waals surface area contributed by atoms with Gasteiger partial charge in [-0.05, 0) is 47.9 Å². The van der Waals surface area contributed by atoms with Crippen molar-refractivity contribution in [2.24, 2.45) is 0 Å². The molecule has 0 fully saturated rings. The van der Waals surface area contributed by atoms with Gasteiger partial charge in [0.25, 0.3) is 0 Å². The molecule has 4 nitrogen and oxygen atoms in total. The molecule has 0 saturated heterocycles. The molecule has 5 heteroatoms. The number of anilines is 1. The third-order valence-electron chi connectivity index (χ3n) is 4.48. The zero-order chi connectivity index (χ0) is 18.6. The van der Waals surface area contributed by atoms with E-state index >= 15 is 0 Å². The maximum atomic E-state index is 13.8. The van der Waals surface area contributed by atoms with Crippen molar-refractivity contribution in [3.8, 4) is 11.3 Å². The van der Waals surface area contributed by atoms with Gasteiger partial charge in [-0.15, -0.1) is 0 Å². The Morgan fingerprint density at radius 2 is 1.93 bits per heavy atom. The minimum atomic E-state index is -0.290. The fraction of sp³-hybridized carbons (Fsp3) is 0.0909. The number of aromatic nitrogens is 2. The van der Waals surface area contributed by atoms with Gasteiger partial charge in [-0.1, -0.05) is 30.3 Å². The van der Waals surface area contributed by atoms with E-state index in [-0.39, 0.29) is 18.1 Å². The van der Waals surface area contributed by atoms with Crippen molar-refractivity contribution < 1.29 is 9.18 Å². The molecule has 0 radical (unpaired) electrons. The molecule has 0 aliphatic heterocycles. The molecule has 0 aliphatic rings. The Labute approximate surface area is 156 Å². The van der Waals surface area contributed by atoms with Crippen LogP contribution in [0, 0.1) is 5.82 Å². The zero-order valence-corrected chi connectivity index (χ0v) is 14.6. The van der Waals surface area contributed by atoms with Crippen molar-refractivity contribution in [2.45, 2.75) is 12.8 Å². The van der Waals surface area contributed by atoms with E-state index < -0.39 is 0 Å². The molecule has 4 rings (SSSR count). The SMILES string of the molecule is O=C(CCc1c(-c2ccccc2)[nH]c2ccc(F)cc12)Nc1cccnc1. The van der Waals surface area contributed by atoms with Crippen molar-refractivity contribution in [2.75, 3.05) is 5.32 Å². The maximum absolute atomic E-state index is 13.8. The Hall–Kier alpha value is -3.47. The quantitative estimate of drug-likeness (QED) is 0.530. The van der Waals surface area contributed by atoms with Gasteiger partial charge < -0.3 is 10.3 Å². The molecule has 2 aromatic heterocycles. The number of benzene rings is 2. The molecule has 0 atom stereocenters. The highest BCUT2D eigenvalue weighted by Gasteiger charge is 2.15. The number of nitrogens with zero attached hydrogens (tertiary/aromatic N) is 1. The average Bonchev–Trinajstić information content (AvgIpc) is 3.05. The smallest absolute Gasteiger partial charge is 0.224 e. The summed E-state index contributed by atoms with van der Waals surface area (Å²) in [5.74, 6) is -0.394. The number of amides is 1. The summed E-state index contributed by atoms with van der Waals surface area (Å²) in [7, 11) is 0. The Balaban J connectivity index is 1.63. The van der Waals surface area contributed by atoms with Crippen LogP contribution in [0.2, 0.25) is 0 Å². The van der Waals surface area contributed by atoms with Gasteiger partial charge in [0.2, 0.25) is 5.91 Å². The largest absolute Gasteiger partial charge is 0.354 e. The minimum absolute atomic E-state index is 0.104. The number of halogens is 1. The second-order valence-corrected chi connectivity index (χ2v) is 6.32. The van der Waals surface area contributed by atoms with Gasteiger partial charge in [-0.2, -0.15) is 0 Å². The van der Waals surface area contributed by atoms with E-state index in [1.54, 1.807) is 30.6 Å². The second-order valence-electron chi connectivity index (χ2n) is 6.32. The Morgan fingerprint density at radius 3 is 2.70 bits per heavy atom. The molecule has 134 valence electrons. The standard InChI is InChI=1S/C22H18FN3O/c23-16-8-10-20-19(13-16)18(22(26-20)15-5-2-1-3-6-15)9-11-21(27)25-17-7-4-12-24-14-17/h1-8,10,12-14,26H,9,11H2,(H,25,27). The molecule has 1 amide bonds. The molecule has 0 aliphatic carbocycles. The summed E-state index contributed by atoms with van der Waals surface area (Å²) in [6.07, 6.45) is 4.05. The molecular weight excluding hydrogens is 341 g/mol. The molecule has 27 heavy (non-hydrogen) atoms. The van der Waals surface area contributed by atoms with Crippen molar-refractivity contribution in [1.82, 2.24) is 9.97 Å². The van der Waals surface area contributed by atoms with Crippen LogP contribution in [0.25, 0.3) is 22.2 Å². The molecular formula is C22H18FN3O. The van der Waals surface area contributed by atoms with E-state index in [9.17, 15) is 9.18 Å². The monoisotopic (exact) mass is 359 g/mol.